The van der Waals surface area contributed by atoms with Crippen molar-refractivity contribution < 1.29 is 378 Å². The van der Waals surface area contributed by atoms with Gasteiger partial charge in [-0.05, 0) is 0 Å². The van der Waals surface area contributed by atoms with Crippen LogP contribution in [0.4, 0.5) is 0 Å². The molecule has 0 spiro atoms. The number of ether oxygens (including phenoxy) is 6. The molecule has 4 saturated heterocycles. The molecule has 4 aliphatic rings. The molecule has 0 radical (unpaired) electrons. The Morgan fingerprint density at radius 1 is 0.427 bits per heavy atom. The molecule has 0 unspecified atom stereocenters. The van der Waals surface area contributed by atoms with Crippen molar-refractivity contribution in [3.63, 3.8) is 0 Å². The number of hydrogen-bond donors (Lipinski definition) is 11. The summed E-state index contributed by atoms with van der Waals surface area (Å²) in [5, 5.41) is 112. The largest absolute Gasteiger partial charge is 1.00 e. The molecule has 0 saturated carbocycles. The van der Waals surface area contributed by atoms with Crippen molar-refractivity contribution in [2.45, 2.75) is 123 Å². The zero-order valence-corrected chi connectivity index (χ0v) is 57.5. The van der Waals surface area contributed by atoms with Crippen LogP contribution in [0.1, 0.15) is 0 Å². The van der Waals surface area contributed by atoms with E-state index in [1.165, 1.54) is 9.44 Å². The molecule has 4 aliphatic heterocycles. The van der Waals surface area contributed by atoms with E-state index in [-0.39, 0.29) is 207 Å². The first-order valence-electron chi connectivity index (χ1n) is 17.5. The van der Waals surface area contributed by atoms with Crippen molar-refractivity contribution in [1.82, 2.24) is 9.44 Å². The number of carbonyl (C=O) groups is 2. The maximum absolute atomic E-state index is 11.2. The predicted octanol–water partition coefficient (Wildman–Crippen LogP) is -37.7. The van der Waals surface area contributed by atoms with Gasteiger partial charge in [0.2, 0.25) is 31.2 Å². The van der Waals surface area contributed by atoms with E-state index in [2.05, 4.69) is 12.5 Å². The minimum Gasteiger partial charge on any atom is -0.735 e. The van der Waals surface area contributed by atoms with Gasteiger partial charge < -0.3 is 117 Å². The Morgan fingerprint density at radius 2 is 0.747 bits per heavy atom. The molecule has 11 N–H and O–H groups in total. The smallest absolute Gasteiger partial charge is 0.735 e. The van der Waals surface area contributed by atoms with Crippen LogP contribution in [0.3, 0.4) is 0 Å². The van der Waals surface area contributed by atoms with Gasteiger partial charge in [0, 0.05) is 0 Å². The number of nitrogens with one attached hydrogen (secondary N) is 2. The van der Waals surface area contributed by atoms with Crippen molar-refractivity contribution in [2.24, 2.45) is 0 Å². The van der Waals surface area contributed by atoms with Crippen LogP contribution in [0.25, 0.3) is 0 Å². The fourth-order valence-electron chi connectivity index (χ4n) is 6.21. The van der Waals surface area contributed by atoms with Crippen LogP contribution in [-0.4, -0.2) is 259 Å². The number of carboxylic acids is 2. The van der Waals surface area contributed by atoms with Crippen LogP contribution < -0.4 is 227 Å². The molecule has 4 fully saturated rings. The van der Waals surface area contributed by atoms with Crippen molar-refractivity contribution >= 4 is 63.7 Å². The van der Waals surface area contributed by atoms with Crippen LogP contribution in [0, 0.1) is 0 Å². The Balaban J connectivity index is -0.000000400. The summed E-state index contributed by atoms with van der Waals surface area (Å²) in [5.74, 6) is -4.27. The number of aliphatic hydroxyl groups is 9. The van der Waals surface area contributed by atoms with Crippen LogP contribution in [0.2, 0.25) is 0 Å². The zero-order valence-electron chi connectivity index (χ0n) is 39.5. The van der Waals surface area contributed by atoms with Gasteiger partial charge in [0.15, 0.2) is 51.9 Å². The van der Waals surface area contributed by atoms with E-state index in [4.69, 9.17) is 28.4 Å². The van der Waals surface area contributed by atoms with E-state index in [9.17, 15) is 131 Å². The fourth-order valence-corrected chi connectivity index (χ4v) is 8.46. The minimum absolute atomic E-state index is 0. The molecule has 0 aliphatic carbocycles. The second kappa shape index (κ2) is 36.7. The Kier molecular flexibility index (Phi) is 43.3. The summed E-state index contributed by atoms with van der Waals surface area (Å²) < 4.78 is 207. The van der Waals surface area contributed by atoms with E-state index in [0.717, 1.165) is 0 Å². The molecular formula is C24H35N2Na7O37S5. The van der Waals surface area contributed by atoms with Gasteiger partial charge in [-0.15, -0.1) is 0 Å². The van der Waals surface area contributed by atoms with Gasteiger partial charge in [0.1, 0.15) is 91.4 Å². The summed E-state index contributed by atoms with van der Waals surface area (Å²) in [6, 6.07) is -4.44. The van der Waals surface area contributed by atoms with Gasteiger partial charge in [-0.1, -0.05) is 0 Å². The maximum Gasteiger partial charge on any atom is 1.00 e. The third kappa shape index (κ3) is 28.4. The Morgan fingerprint density at radius 3 is 1.05 bits per heavy atom. The first-order chi connectivity index (χ1) is 30.7. The normalized spacial score (nSPS) is 36.1. The van der Waals surface area contributed by atoms with Gasteiger partial charge in [0.05, 0.1) is 25.2 Å². The average Bonchev–Trinajstić information content (AvgIpc) is 3.16. The molecule has 0 aromatic rings. The zero-order chi connectivity index (χ0) is 52.4. The van der Waals surface area contributed by atoms with Gasteiger partial charge in [-0.25, -0.2) is 51.5 Å². The number of aliphatic carboxylic acids is 2. The van der Waals surface area contributed by atoms with Crippen molar-refractivity contribution in [2.75, 3.05) is 13.2 Å². The third-order valence-electron chi connectivity index (χ3n) is 9.09. The van der Waals surface area contributed by atoms with Crippen LogP contribution in [0.5, 0.6) is 0 Å². The Hall–Kier alpha value is 4.69. The average molecular weight is 1260 g/mol. The molecule has 0 amide bonds. The molecule has 75 heavy (non-hydrogen) atoms. The standard InChI is InChI=1S/C12H21NO20S3.C12H21NO17S2.7Na/c14-4-3(13-34(20,21)22)11(19)30-2(1-29-35(23,24)25)7(4)31-12-9(33-36(26,27)28)6(16)5(15)8(32-12)10(17)18;14-4-3(13-31(21,22)23)11(20)28-2(1-27-32(24,25)26)8(4)29-12-7(17)5(15)6(16)9(30-12)10(18)19;;;;;;;/h2-9,11-16,19H,1H2,(H,17,18)(H,20,21,22)(H,23,24,25)(H,26,27,28);2-9,11-17,20H,1H2,(H,18,19)(H,21,22,23)(H,24,25,26);;;;;;;/q;;7*+1/p-7/t2-,3-,4-,5+,6+,7-,8-,9-,11+,12-;2-,3-,4-,5+,6+,7-,8-,9+,11+,12-;;;;;;;/m11......./s1. The number of rotatable bonds is 18. The summed E-state index contributed by atoms with van der Waals surface area (Å²) in [7, 11) is -27.3. The number of hydrogen-bond acceptors (Lipinski definition) is 37. The van der Waals surface area contributed by atoms with Crippen molar-refractivity contribution in [1.29, 1.82) is 0 Å². The van der Waals surface area contributed by atoms with Crippen molar-refractivity contribution in [3.8, 4) is 0 Å². The molecular weight excluding hydrogens is 1230 g/mol. The summed E-state index contributed by atoms with van der Waals surface area (Å²) in [4.78, 5) is 22.3. The summed E-state index contributed by atoms with van der Waals surface area (Å²) >= 11 is 0. The predicted molar refractivity (Wildman–Crippen MR) is 180 cm³/mol. The molecule has 39 nitrogen and oxygen atoms in total. The summed E-state index contributed by atoms with van der Waals surface area (Å²) in [6.07, 6.45) is -41.7. The maximum atomic E-state index is 11.2. The van der Waals surface area contributed by atoms with E-state index in [1.807, 2.05) is 0 Å². The molecule has 4 rings (SSSR count). The third-order valence-corrected chi connectivity index (χ3v) is 11.5. The molecule has 0 aromatic heterocycles. The summed E-state index contributed by atoms with van der Waals surface area (Å²) in [6.45, 7) is -2.64. The van der Waals surface area contributed by atoms with Gasteiger partial charge in [-0.3, -0.25) is 12.5 Å². The SMILES string of the molecule is O=C([O-])[C@@H]1O[C@@H](O[C@H]2[C@H](O)[C@@H](NS(=O)(=O)[O-])[C@@H](O)O[C@@H]2COS(=O)(=O)[O-])[C@H](OS(=O)(=O)[O-])[C@@H](O)[C@@H]1O.O=C([O-])[C@H]1O[C@@H](O[C@H]2[C@H](O)[C@@H](NS(=O)(=O)[O-])[C@@H](O)O[C@@H]2COS(=O)(=O)[O-])[C@H](O)[C@@H](O)[C@@H]1O.[Na+].[Na+].[Na+].[Na+].[Na+].[Na+].[Na+]. The second-order valence-electron chi connectivity index (χ2n) is 13.8. The molecule has 4 heterocycles. The second-order valence-corrected chi connectivity index (χ2v) is 19.2. The number of aliphatic hydroxyl groups excluding tert-OH is 9. The topological polar surface area (TPSA) is 655 Å². The first kappa shape index (κ1) is 88.5. The minimum atomic E-state index is -5.75. The van der Waals surface area contributed by atoms with Crippen LogP contribution in [-0.2, 0) is 102 Å². The van der Waals surface area contributed by atoms with Crippen LogP contribution >= 0.6 is 0 Å². The molecule has 0 aromatic carbocycles. The van der Waals surface area contributed by atoms with E-state index in [0.29, 0.717) is 0 Å². The first-order valence-corrected chi connectivity index (χ1v) is 24.3. The quantitative estimate of drug-likeness (QED) is 0.0345. The van der Waals surface area contributed by atoms with Crippen molar-refractivity contribution in [3.05, 3.63) is 0 Å². The van der Waals surface area contributed by atoms with Gasteiger partial charge >= 0.3 is 207 Å². The van der Waals surface area contributed by atoms with Crippen LogP contribution in [0.15, 0.2) is 0 Å². The molecule has 51 heteroatoms. The molecule has 20 atom stereocenters. The van der Waals surface area contributed by atoms with Gasteiger partial charge in [-0.2, -0.15) is 0 Å². The van der Waals surface area contributed by atoms with E-state index >= 15 is 0 Å². The van der Waals surface area contributed by atoms with Gasteiger partial charge in [0.25, 0.3) is 0 Å². The Bertz CT molecular complexity index is 2330. The molecule has 400 valence electrons. The monoisotopic (exact) mass is 1260 g/mol. The van der Waals surface area contributed by atoms with E-state index in [1.54, 1.807) is 0 Å². The number of carboxylic acid groups (broad SMARTS) is 2. The molecule has 0 bridgehead atoms. The fraction of sp³-hybridized carbons (Fsp3) is 0.917. The summed E-state index contributed by atoms with van der Waals surface area (Å²) in [5.41, 5.74) is 0. The Labute approximate surface area is 578 Å². The number of carbonyl (C=O) groups excluding carboxylic acids is 2. The van der Waals surface area contributed by atoms with E-state index < -0.39 is 200 Å².